The van der Waals surface area contributed by atoms with Crippen LogP contribution in [0.25, 0.3) is 11.1 Å². The fourth-order valence-electron chi connectivity index (χ4n) is 4.07. The number of hydrogen-bond donors (Lipinski definition) is 2. The van der Waals surface area contributed by atoms with Gasteiger partial charge < -0.3 is 29.2 Å². The maximum atomic E-state index is 14.7. The molecule has 2 aromatic carbocycles. The van der Waals surface area contributed by atoms with Crippen LogP contribution in [0.4, 0.5) is 4.39 Å². The summed E-state index contributed by atoms with van der Waals surface area (Å²) < 4.78 is 37.7. The predicted molar refractivity (Wildman–Crippen MR) is 138 cm³/mol. The zero-order valence-corrected chi connectivity index (χ0v) is 21.9. The lowest BCUT2D eigenvalue weighted by Gasteiger charge is -2.42. The van der Waals surface area contributed by atoms with Crippen LogP contribution in [0.5, 0.6) is 11.5 Å². The molecular formula is C29H41FO6. The molecule has 0 bridgehead atoms. The third kappa shape index (κ3) is 7.90. The van der Waals surface area contributed by atoms with Crippen LogP contribution in [0.1, 0.15) is 64.9 Å². The van der Waals surface area contributed by atoms with E-state index in [4.69, 9.17) is 18.9 Å². The molecule has 0 unspecified atom stereocenters. The van der Waals surface area contributed by atoms with Crippen molar-refractivity contribution in [3.8, 4) is 22.6 Å². The van der Waals surface area contributed by atoms with E-state index in [1.54, 1.807) is 18.2 Å². The van der Waals surface area contributed by atoms with Gasteiger partial charge in [0.2, 0.25) is 0 Å². The van der Waals surface area contributed by atoms with Crippen LogP contribution >= 0.6 is 0 Å². The van der Waals surface area contributed by atoms with E-state index < -0.39 is 17.0 Å². The average molecular weight is 505 g/mol. The topological polar surface area (TPSA) is 77.4 Å². The number of aliphatic hydroxyl groups excluding tert-OH is 2. The molecule has 7 heteroatoms. The monoisotopic (exact) mass is 504 g/mol. The summed E-state index contributed by atoms with van der Waals surface area (Å²) in [7, 11) is 0. The van der Waals surface area contributed by atoms with Crippen molar-refractivity contribution in [1.29, 1.82) is 0 Å². The van der Waals surface area contributed by atoms with Crippen molar-refractivity contribution < 1.29 is 33.6 Å². The summed E-state index contributed by atoms with van der Waals surface area (Å²) >= 11 is 0. The Morgan fingerprint density at radius 2 is 1.50 bits per heavy atom. The molecule has 1 heterocycles. The van der Waals surface area contributed by atoms with E-state index in [1.807, 2.05) is 26.0 Å². The number of rotatable bonds is 14. The summed E-state index contributed by atoms with van der Waals surface area (Å²) in [5, 5.41) is 19.9. The van der Waals surface area contributed by atoms with Gasteiger partial charge in [-0.3, -0.25) is 0 Å². The van der Waals surface area contributed by atoms with Crippen LogP contribution in [0.15, 0.2) is 36.4 Å². The molecule has 2 aromatic rings. The summed E-state index contributed by atoms with van der Waals surface area (Å²) in [6, 6.07) is 10.3. The standard InChI is InChI=1S/C29H41FO6/c1-4-5-6-7-8-9-14-33-27-13-11-23(16-25(27)30)22-10-12-26(24(15-22)17-31)34-19-29(18-32)20-35-28(2,3)36-21-29/h10-13,15-16,31-32H,4-9,14,17-21H2,1-3H3. The van der Waals surface area contributed by atoms with Crippen molar-refractivity contribution >= 4 is 0 Å². The smallest absolute Gasteiger partial charge is 0.165 e. The summed E-state index contributed by atoms with van der Waals surface area (Å²) in [5.74, 6) is -0.350. The molecule has 36 heavy (non-hydrogen) atoms. The van der Waals surface area contributed by atoms with Gasteiger partial charge in [0.25, 0.3) is 0 Å². The summed E-state index contributed by atoms with van der Waals surface area (Å²) in [5.41, 5.74) is 1.33. The highest BCUT2D eigenvalue weighted by Crippen LogP contribution is 2.33. The molecule has 6 nitrogen and oxygen atoms in total. The second-order valence-corrected chi connectivity index (χ2v) is 10.2. The first-order valence-electron chi connectivity index (χ1n) is 13.0. The molecule has 1 aliphatic heterocycles. The van der Waals surface area contributed by atoms with Gasteiger partial charge in [0.15, 0.2) is 17.4 Å². The minimum Gasteiger partial charge on any atom is -0.492 e. The van der Waals surface area contributed by atoms with Gasteiger partial charge >= 0.3 is 0 Å². The van der Waals surface area contributed by atoms with Crippen molar-refractivity contribution in [1.82, 2.24) is 0 Å². The summed E-state index contributed by atoms with van der Waals surface area (Å²) in [4.78, 5) is 0. The number of unbranched alkanes of at least 4 members (excludes halogenated alkanes) is 5. The Morgan fingerprint density at radius 3 is 2.14 bits per heavy atom. The Morgan fingerprint density at radius 1 is 0.861 bits per heavy atom. The number of aliphatic hydroxyl groups is 2. The molecule has 200 valence electrons. The molecule has 0 spiro atoms. The molecule has 1 saturated heterocycles. The Balaban J connectivity index is 1.59. The second kappa shape index (κ2) is 13.4. The van der Waals surface area contributed by atoms with Gasteiger partial charge in [0.1, 0.15) is 12.4 Å². The van der Waals surface area contributed by atoms with Gasteiger partial charge in [0, 0.05) is 5.56 Å². The number of benzene rings is 2. The van der Waals surface area contributed by atoms with Gasteiger partial charge in [-0.25, -0.2) is 4.39 Å². The van der Waals surface area contributed by atoms with Gasteiger partial charge in [-0.05, 0) is 55.7 Å². The number of halogens is 1. The predicted octanol–water partition coefficient (Wildman–Crippen LogP) is 5.86. The Kier molecular flexibility index (Phi) is 10.5. The minimum atomic E-state index is -0.694. The molecular weight excluding hydrogens is 463 g/mol. The van der Waals surface area contributed by atoms with E-state index in [-0.39, 0.29) is 25.6 Å². The molecule has 1 fully saturated rings. The van der Waals surface area contributed by atoms with E-state index in [0.717, 1.165) is 18.4 Å². The van der Waals surface area contributed by atoms with E-state index in [2.05, 4.69) is 6.92 Å². The first-order valence-corrected chi connectivity index (χ1v) is 13.0. The highest BCUT2D eigenvalue weighted by atomic mass is 19.1. The molecule has 0 saturated carbocycles. The normalized spacial score (nSPS) is 16.6. The van der Waals surface area contributed by atoms with Crippen molar-refractivity contribution in [2.45, 2.75) is 71.7 Å². The first-order chi connectivity index (χ1) is 17.3. The first kappa shape index (κ1) is 28.4. The second-order valence-electron chi connectivity index (χ2n) is 10.2. The lowest BCUT2D eigenvalue weighted by molar-refractivity contribution is -0.293. The lowest BCUT2D eigenvalue weighted by Crippen LogP contribution is -2.51. The Hall–Kier alpha value is -2.19. The SMILES string of the molecule is CCCCCCCCOc1ccc(-c2ccc(OCC3(CO)COC(C)(C)OC3)c(CO)c2)cc1F. The molecule has 0 amide bonds. The average Bonchev–Trinajstić information content (AvgIpc) is 2.88. The fraction of sp³-hybridized carbons (Fsp3) is 0.586. The van der Waals surface area contributed by atoms with Crippen molar-refractivity contribution in [3.63, 3.8) is 0 Å². The number of ether oxygens (including phenoxy) is 4. The molecule has 0 radical (unpaired) electrons. The van der Waals surface area contributed by atoms with E-state index in [1.165, 1.54) is 31.7 Å². The third-order valence-electron chi connectivity index (χ3n) is 6.57. The zero-order chi connectivity index (χ0) is 26.0. The van der Waals surface area contributed by atoms with E-state index >= 15 is 0 Å². The van der Waals surface area contributed by atoms with Crippen LogP contribution < -0.4 is 9.47 Å². The molecule has 0 atom stereocenters. The fourth-order valence-corrected chi connectivity index (χ4v) is 4.07. The van der Waals surface area contributed by atoms with Crippen LogP contribution in [0, 0.1) is 11.2 Å². The minimum absolute atomic E-state index is 0.151. The van der Waals surface area contributed by atoms with Gasteiger partial charge in [-0.15, -0.1) is 0 Å². The molecule has 0 aromatic heterocycles. The van der Waals surface area contributed by atoms with Crippen molar-refractivity contribution in [3.05, 3.63) is 47.8 Å². The van der Waals surface area contributed by atoms with Crippen LogP contribution in [0.2, 0.25) is 0 Å². The highest BCUT2D eigenvalue weighted by Gasteiger charge is 2.40. The summed E-state index contributed by atoms with van der Waals surface area (Å²) in [6.07, 6.45) is 6.91. The van der Waals surface area contributed by atoms with Crippen molar-refractivity contribution in [2.24, 2.45) is 5.41 Å². The maximum absolute atomic E-state index is 14.7. The lowest BCUT2D eigenvalue weighted by atomic mass is 9.91. The van der Waals surface area contributed by atoms with E-state index in [9.17, 15) is 14.6 Å². The Bertz CT molecular complexity index is 951. The van der Waals surface area contributed by atoms with Crippen LogP contribution in [0.3, 0.4) is 0 Å². The maximum Gasteiger partial charge on any atom is 0.165 e. The molecule has 2 N–H and O–H groups in total. The van der Waals surface area contributed by atoms with E-state index in [0.29, 0.717) is 36.7 Å². The van der Waals surface area contributed by atoms with Gasteiger partial charge in [0.05, 0.1) is 38.4 Å². The quantitative estimate of drug-likeness (QED) is 0.314. The largest absolute Gasteiger partial charge is 0.492 e. The zero-order valence-electron chi connectivity index (χ0n) is 21.9. The Labute approximate surface area is 214 Å². The number of hydrogen-bond acceptors (Lipinski definition) is 6. The molecule has 1 aliphatic rings. The summed E-state index contributed by atoms with van der Waals surface area (Å²) in [6.45, 7) is 6.74. The highest BCUT2D eigenvalue weighted by molar-refractivity contribution is 5.66. The van der Waals surface area contributed by atoms with Crippen LogP contribution in [-0.4, -0.2) is 49.0 Å². The third-order valence-corrected chi connectivity index (χ3v) is 6.57. The van der Waals surface area contributed by atoms with Gasteiger partial charge in [-0.2, -0.15) is 0 Å². The molecule has 0 aliphatic carbocycles. The van der Waals surface area contributed by atoms with Crippen LogP contribution in [-0.2, 0) is 16.1 Å². The molecule has 3 rings (SSSR count). The van der Waals surface area contributed by atoms with Crippen molar-refractivity contribution in [2.75, 3.05) is 33.0 Å². The van der Waals surface area contributed by atoms with Gasteiger partial charge in [-0.1, -0.05) is 51.2 Å².